The van der Waals surface area contributed by atoms with Crippen LogP contribution >= 0.6 is 0 Å². The number of esters is 3. The number of rotatable bonds is 56. The average Bonchev–Trinajstić information content (AvgIpc) is 3.54. The van der Waals surface area contributed by atoms with E-state index in [2.05, 4.69) is 93.7 Å². The normalized spacial score (nSPS) is 18.2. The van der Waals surface area contributed by atoms with Crippen molar-refractivity contribution in [3.8, 4) is 0 Å². The van der Waals surface area contributed by atoms with Gasteiger partial charge in [-0.25, -0.2) is 4.79 Å². The Morgan fingerprint density at radius 3 is 1.16 bits per heavy atom. The number of aliphatic carboxylic acids is 1. The van der Waals surface area contributed by atoms with E-state index in [1.807, 2.05) is 0 Å². The van der Waals surface area contributed by atoms with Crippen LogP contribution in [0.15, 0.2) is 72.9 Å². The van der Waals surface area contributed by atoms with Gasteiger partial charge in [0.2, 0.25) is 0 Å². The highest BCUT2D eigenvalue weighted by Gasteiger charge is 2.50. The van der Waals surface area contributed by atoms with Crippen LogP contribution in [-0.4, -0.2) is 89.2 Å². The van der Waals surface area contributed by atoms with Gasteiger partial charge in [0.25, 0.3) is 0 Å². The smallest absolute Gasteiger partial charge is 0.335 e. The predicted octanol–water partition coefficient (Wildman–Crippen LogP) is 17.7. The molecule has 0 spiro atoms. The van der Waals surface area contributed by atoms with Crippen LogP contribution in [0.1, 0.15) is 290 Å². The monoisotopic (exact) mass is 1140 g/mol. The van der Waals surface area contributed by atoms with Crippen molar-refractivity contribution in [3.63, 3.8) is 0 Å². The molecule has 466 valence electrons. The Morgan fingerprint density at radius 2 is 0.741 bits per heavy atom. The summed E-state index contributed by atoms with van der Waals surface area (Å²) in [6.07, 6.45) is 59.9. The first-order chi connectivity index (χ1) is 39.6. The van der Waals surface area contributed by atoms with E-state index in [1.54, 1.807) is 0 Å². The molecule has 0 aliphatic carbocycles. The van der Waals surface area contributed by atoms with Gasteiger partial charge < -0.3 is 39.0 Å². The molecule has 1 saturated heterocycles. The highest BCUT2D eigenvalue weighted by Crippen LogP contribution is 2.27. The fourth-order valence-corrected chi connectivity index (χ4v) is 9.64. The zero-order valence-corrected chi connectivity index (χ0v) is 51.5. The molecule has 1 aliphatic rings. The van der Waals surface area contributed by atoms with Gasteiger partial charge in [-0.2, -0.15) is 0 Å². The highest BCUT2D eigenvalue weighted by atomic mass is 16.7. The molecule has 12 nitrogen and oxygen atoms in total. The van der Waals surface area contributed by atoms with Crippen molar-refractivity contribution in [3.05, 3.63) is 72.9 Å². The van der Waals surface area contributed by atoms with E-state index >= 15 is 0 Å². The lowest BCUT2D eigenvalue weighted by molar-refractivity contribution is -0.301. The Hall–Kier alpha value is -3.84. The Morgan fingerprint density at radius 1 is 0.407 bits per heavy atom. The standard InChI is InChI=1S/C69H118O12/c1-4-7-10-13-16-19-22-25-28-30-31-33-36-39-42-45-48-51-54-57-63(72)80-67-65(74)64(73)66(68(75)76)81-69(67)78-59-60(79-62(71)56-53-50-47-44-41-38-34-27-24-21-18-15-12-9-6-3)58-77-61(70)55-52-49-46-43-40-37-35-32-29-26-23-20-17-14-11-8-5-2/h16,18-19,21,25-29,31,33-34,60,64-67,69,73-74H,4-15,17,20,22-24,30,32,35-59H2,1-3H3,(H,75,76)/b19-16-,21-18-,28-25-,29-26-,33-31-,34-27-. The quantitative estimate of drug-likeness (QED) is 0.0228. The molecule has 12 heteroatoms. The van der Waals surface area contributed by atoms with Crippen molar-refractivity contribution in [2.75, 3.05) is 13.2 Å². The first kappa shape index (κ1) is 75.2. The Labute approximate surface area is 493 Å². The van der Waals surface area contributed by atoms with Crippen LogP contribution in [0, 0.1) is 0 Å². The second-order valence-electron chi connectivity index (χ2n) is 22.4. The average molecular weight is 1140 g/mol. The number of aliphatic hydroxyl groups is 2. The number of ether oxygens (including phenoxy) is 5. The Balaban J connectivity index is 2.67. The first-order valence-corrected chi connectivity index (χ1v) is 32.9. The summed E-state index contributed by atoms with van der Waals surface area (Å²) in [5.74, 6) is -3.15. The SMILES string of the molecule is CCCCC/C=C\C/C=C\C/C=C\CCCCCCCCC(=O)OC1C(OCC(COC(=O)CCCCCCCCC/C=C\CCCCCCCC)OC(=O)CCCCCCC/C=C\C/C=C\CCCCC)OC(C(=O)O)C(O)C1O. The molecule has 1 heterocycles. The summed E-state index contributed by atoms with van der Waals surface area (Å²) in [4.78, 5) is 51.3. The fourth-order valence-electron chi connectivity index (χ4n) is 9.64. The minimum Gasteiger partial charge on any atom is -0.479 e. The molecule has 0 aromatic rings. The number of hydrogen-bond acceptors (Lipinski definition) is 11. The van der Waals surface area contributed by atoms with Gasteiger partial charge in [-0.3, -0.25) is 14.4 Å². The van der Waals surface area contributed by atoms with Crippen LogP contribution < -0.4 is 0 Å². The molecule has 1 rings (SSSR count). The number of carbonyl (C=O) groups is 4. The number of carboxylic acids is 1. The molecule has 0 saturated carbocycles. The van der Waals surface area contributed by atoms with Gasteiger partial charge in [0.05, 0.1) is 6.61 Å². The van der Waals surface area contributed by atoms with Crippen LogP contribution in [0.5, 0.6) is 0 Å². The van der Waals surface area contributed by atoms with Gasteiger partial charge >= 0.3 is 23.9 Å². The molecule has 6 atom stereocenters. The number of unbranched alkanes of at least 4 members (excludes halogenated alkanes) is 30. The van der Waals surface area contributed by atoms with Crippen LogP contribution in [0.3, 0.4) is 0 Å². The molecule has 0 amide bonds. The number of hydrogen-bond donors (Lipinski definition) is 3. The predicted molar refractivity (Wildman–Crippen MR) is 331 cm³/mol. The summed E-state index contributed by atoms with van der Waals surface area (Å²) in [6.45, 7) is 5.95. The third-order valence-corrected chi connectivity index (χ3v) is 14.7. The Bertz CT molecular complexity index is 1680. The van der Waals surface area contributed by atoms with Gasteiger partial charge in [-0.1, -0.05) is 229 Å². The van der Waals surface area contributed by atoms with Crippen LogP contribution in [0.2, 0.25) is 0 Å². The summed E-state index contributed by atoms with van der Waals surface area (Å²) in [5, 5.41) is 31.6. The topological polar surface area (TPSA) is 175 Å². The summed E-state index contributed by atoms with van der Waals surface area (Å²) in [7, 11) is 0. The molecular formula is C69H118O12. The fraction of sp³-hybridized carbons (Fsp3) is 0.768. The molecule has 3 N–H and O–H groups in total. The van der Waals surface area contributed by atoms with E-state index < -0.39 is 67.3 Å². The molecule has 1 aliphatic heterocycles. The molecule has 1 fully saturated rings. The van der Waals surface area contributed by atoms with Crippen LogP contribution in [-0.2, 0) is 42.9 Å². The number of aliphatic hydroxyl groups excluding tert-OH is 2. The van der Waals surface area contributed by atoms with Crippen molar-refractivity contribution in [2.24, 2.45) is 0 Å². The van der Waals surface area contributed by atoms with Crippen molar-refractivity contribution in [1.29, 1.82) is 0 Å². The first-order valence-electron chi connectivity index (χ1n) is 32.9. The molecule has 0 aromatic carbocycles. The zero-order valence-electron chi connectivity index (χ0n) is 51.5. The highest BCUT2D eigenvalue weighted by molar-refractivity contribution is 5.74. The summed E-state index contributed by atoms with van der Waals surface area (Å²) in [6, 6.07) is 0. The van der Waals surface area contributed by atoms with Gasteiger partial charge in [0, 0.05) is 19.3 Å². The number of carbonyl (C=O) groups excluding carboxylic acids is 3. The number of carboxylic acid groups (broad SMARTS) is 1. The lowest BCUT2D eigenvalue weighted by Gasteiger charge is -2.40. The third-order valence-electron chi connectivity index (χ3n) is 14.7. The van der Waals surface area contributed by atoms with Crippen LogP contribution in [0.4, 0.5) is 0 Å². The maximum Gasteiger partial charge on any atom is 0.335 e. The molecule has 6 unspecified atom stereocenters. The van der Waals surface area contributed by atoms with E-state index in [4.69, 9.17) is 23.7 Å². The van der Waals surface area contributed by atoms with E-state index in [9.17, 15) is 34.5 Å². The molecular weight excluding hydrogens is 1020 g/mol. The molecule has 0 aromatic heterocycles. The molecule has 81 heavy (non-hydrogen) atoms. The zero-order chi connectivity index (χ0) is 58.9. The van der Waals surface area contributed by atoms with Crippen molar-refractivity contribution >= 4 is 23.9 Å². The second-order valence-corrected chi connectivity index (χ2v) is 22.4. The third kappa shape index (κ3) is 46.3. The van der Waals surface area contributed by atoms with E-state index in [1.165, 1.54) is 109 Å². The van der Waals surface area contributed by atoms with Gasteiger partial charge in [0.1, 0.15) is 18.8 Å². The summed E-state index contributed by atoms with van der Waals surface area (Å²) in [5.41, 5.74) is 0. The van der Waals surface area contributed by atoms with Crippen LogP contribution in [0.25, 0.3) is 0 Å². The minimum atomic E-state index is -1.91. The second kappa shape index (κ2) is 56.6. The Kier molecular flexibility index (Phi) is 52.6. The van der Waals surface area contributed by atoms with Gasteiger partial charge in [-0.15, -0.1) is 0 Å². The van der Waals surface area contributed by atoms with E-state index in [-0.39, 0.29) is 25.9 Å². The lowest BCUT2D eigenvalue weighted by atomic mass is 9.98. The lowest BCUT2D eigenvalue weighted by Crippen LogP contribution is -2.61. The molecule has 0 bridgehead atoms. The maximum absolute atomic E-state index is 13.2. The number of allylic oxidation sites excluding steroid dienone is 12. The van der Waals surface area contributed by atoms with E-state index in [0.29, 0.717) is 19.3 Å². The van der Waals surface area contributed by atoms with Gasteiger partial charge in [0.15, 0.2) is 24.6 Å². The van der Waals surface area contributed by atoms with E-state index in [0.717, 1.165) is 122 Å². The summed E-state index contributed by atoms with van der Waals surface area (Å²) >= 11 is 0. The van der Waals surface area contributed by atoms with Crippen molar-refractivity contribution < 1.29 is 58.2 Å². The maximum atomic E-state index is 13.2. The minimum absolute atomic E-state index is 0.0426. The van der Waals surface area contributed by atoms with Gasteiger partial charge in [-0.05, 0) is 116 Å². The largest absolute Gasteiger partial charge is 0.479 e. The van der Waals surface area contributed by atoms with Crippen molar-refractivity contribution in [1.82, 2.24) is 0 Å². The van der Waals surface area contributed by atoms with Crippen molar-refractivity contribution in [2.45, 2.75) is 327 Å². The summed E-state index contributed by atoms with van der Waals surface area (Å²) < 4.78 is 28.5. The molecule has 0 radical (unpaired) electrons.